The largest absolute Gasteiger partial charge is 0.486 e. The molecule has 0 saturated carbocycles. The van der Waals surface area contributed by atoms with Crippen molar-refractivity contribution in [2.45, 2.75) is 25.8 Å². The SMILES string of the molecule is C[C@H](NC(=O)CCc1ccc2c(c1)OCCO2)c1ccc(F)cc1. The number of nitrogens with one attached hydrogen (secondary N) is 1. The van der Waals surface area contributed by atoms with Crippen LogP contribution in [0.3, 0.4) is 0 Å². The predicted octanol–water partition coefficient (Wildman–Crippen LogP) is 3.41. The van der Waals surface area contributed by atoms with E-state index in [1.165, 1.54) is 12.1 Å². The molecule has 2 aromatic rings. The molecule has 1 aliphatic heterocycles. The summed E-state index contributed by atoms with van der Waals surface area (Å²) >= 11 is 0. The van der Waals surface area contributed by atoms with E-state index in [1.807, 2.05) is 25.1 Å². The minimum Gasteiger partial charge on any atom is -0.486 e. The second-order valence-corrected chi connectivity index (χ2v) is 5.82. The summed E-state index contributed by atoms with van der Waals surface area (Å²) in [4.78, 5) is 12.1. The number of fused-ring (bicyclic) bond motifs is 1. The second kappa shape index (κ2) is 7.34. The molecule has 24 heavy (non-hydrogen) atoms. The number of carbonyl (C=O) groups is 1. The monoisotopic (exact) mass is 329 g/mol. The number of hydrogen-bond acceptors (Lipinski definition) is 3. The molecule has 5 heteroatoms. The summed E-state index contributed by atoms with van der Waals surface area (Å²) in [6.45, 7) is 3.00. The fraction of sp³-hybridized carbons (Fsp3) is 0.316. The van der Waals surface area contributed by atoms with Gasteiger partial charge in [-0.2, -0.15) is 0 Å². The van der Waals surface area contributed by atoms with Gasteiger partial charge >= 0.3 is 0 Å². The summed E-state index contributed by atoms with van der Waals surface area (Å²) in [7, 11) is 0. The molecule has 4 nitrogen and oxygen atoms in total. The molecule has 2 aromatic carbocycles. The summed E-state index contributed by atoms with van der Waals surface area (Å²) in [6, 6.07) is 11.7. The van der Waals surface area contributed by atoms with Gasteiger partial charge in [0.25, 0.3) is 0 Å². The van der Waals surface area contributed by atoms with Crippen molar-refractivity contribution in [3.05, 3.63) is 59.4 Å². The van der Waals surface area contributed by atoms with Gasteiger partial charge in [-0.15, -0.1) is 0 Å². The molecule has 0 fully saturated rings. The van der Waals surface area contributed by atoms with E-state index in [0.29, 0.717) is 26.1 Å². The minimum atomic E-state index is -0.282. The van der Waals surface area contributed by atoms with Crippen molar-refractivity contribution in [3.8, 4) is 11.5 Å². The summed E-state index contributed by atoms with van der Waals surface area (Å²) in [5.74, 6) is 1.16. The van der Waals surface area contributed by atoms with Crippen LogP contribution in [-0.4, -0.2) is 19.1 Å². The first-order chi connectivity index (χ1) is 11.6. The molecule has 0 saturated heterocycles. The van der Waals surface area contributed by atoms with Gasteiger partial charge in [0, 0.05) is 6.42 Å². The van der Waals surface area contributed by atoms with Crippen LogP contribution in [-0.2, 0) is 11.2 Å². The van der Waals surface area contributed by atoms with Gasteiger partial charge in [-0.05, 0) is 48.7 Å². The van der Waals surface area contributed by atoms with E-state index in [9.17, 15) is 9.18 Å². The van der Waals surface area contributed by atoms with Crippen LogP contribution in [0.2, 0.25) is 0 Å². The lowest BCUT2D eigenvalue weighted by Crippen LogP contribution is -2.26. The molecule has 1 amide bonds. The Morgan fingerprint density at radius 2 is 1.83 bits per heavy atom. The first kappa shape index (κ1) is 16.3. The summed E-state index contributed by atoms with van der Waals surface area (Å²) in [5, 5.41) is 2.93. The molecule has 1 atom stereocenters. The van der Waals surface area contributed by atoms with E-state index in [1.54, 1.807) is 12.1 Å². The predicted molar refractivity (Wildman–Crippen MR) is 88.7 cm³/mol. The quantitative estimate of drug-likeness (QED) is 0.914. The lowest BCUT2D eigenvalue weighted by atomic mass is 10.1. The van der Waals surface area contributed by atoms with Crippen molar-refractivity contribution in [3.63, 3.8) is 0 Å². The molecule has 0 bridgehead atoms. The highest BCUT2D eigenvalue weighted by Crippen LogP contribution is 2.31. The van der Waals surface area contributed by atoms with E-state index in [2.05, 4.69) is 5.32 Å². The highest BCUT2D eigenvalue weighted by atomic mass is 19.1. The van der Waals surface area contributed by atoms with Gasteiger partial charge in [-0.25, -0.2) is 4.39 Å². The Morgan fingerprint density at radius 1 is 1.12 bits per heavy atom. The zero-order valence-electron chi connectivity index (χ0n) is 13.5. The average Bonchev–Trinajstić information content (AvgIpc) is 2.60. The molecule has 1 heterocycles. The van der Waals surface area contributed by atoms with Gasteiger partial charge < -0.3 is 14.8 Å². The van der Waals surface area contributed by atoms with E-state index >= 15 is 0 Å². The maximum atomic E-state index is 12.9. The van der Waals surface area contributed by atoms with E-state index in [4.69, 9.17) is 9.47 Å². The van der Waals surface area contributed by atoms with Gasteiger partial charge in [0.1, 0.15) is 19.0 Å². The van der Waals surface area contributed by atoms with Crippen LogP contribution in [0.1, 0.15) is 30.5 Å². The van der Waals surface area contributed by atoms with Crippen molar-refractivity contribution in [1.82, 2.24) is 5.32 Å². The Kier molecular flexibility index (Phi) is 4.99. The highest BCUT2D eigenvalue weighted by molar-refractivity contribution is 5.76. The third-order valence-electron chi connectivity index (χ3n) is 3.99. The zero-order chi connectivity index (χ0) is 16.9. The highest BCUT2D eigenvalue weighted by Gasteiger charge is 2.13. The molecule has 0 aliphatic carbocycles. The third-order valence-corrected chi connectivity index (χ3v) is 3.99. The normalized spacial score (nSPS) is 14.1. The molecule has 0 aromatic heterocycles. The first-order valence-corrected chi connectivity index (χ1v) is 8.05. The van der Waals surface area contributed by atoms with Crippen molar-refractivity contribution in [1.29, 1.82) is 0 Å². The van der Waals surface area contributed by atoms with Crippen LogP contribution >= 0.6 is 0 Å². The summed E-state index contributed by atoms with van der Waals surface area (Å²) < 4.78 is 24.0. The Bertz CT molecular complexity index is 715. The van der Waals surface area contributed by atoms with Gasteiger partial charge in [0.15, 0.2) is 11.5 Å². The van der Waals surface area contributed by atoms with E-state index in [0.717, 1.165) is 22.6 Å². The Hall–Kier alpha value is -2.56. The van der Waals surface area contributed by atoms with Crippen LogP contribution < -0.4 is 14.8 Å². The van der Waals surface area contributed by atoms with Crippen LogP contribution in [0.5, 0.6) is 11.5 Å². The molecule has 1 N–H and O–H groups in total. The molecule has 0 spiro atoms. The average molecular weight is 329 g/mol. The number of hydrogen-bond donors (Lipinski definition) is 1. The molecule has 1 aliphatic rings. The number of carbonyl (C=O) groups excluding carboxylic acids is 1. The van der Waals surface area contributed by atoms with Crippen molar-refractivity contribution in [2.24, 2.45) is 0 Å². The van der Waals surface area contributed by atoms with Gasteiger partial charge in [-0.1, -0.05) is 18.2 Å². The zero-order valence-corrected chi connectivity index (χ0v) is 13.5. The number of aryl methyl sites for hydroxylation is 1. The molecule has 0 radical (unpaired) electrons. The maximum absolute atomic E-state index is 12.9. The molecular weight excluding hydrogens is 309 g/mol. The molecule has 3 rings (SSSR count). The van der Waals surface area contributed by atoms with Crippen LogP contribution in [0, 0.1) is 5.82 Å². The maximum Gasteiger partial charge on any atom is 0.220 e. The van der Waals surface area contributed by atoms with Gasteiger partial charge in [0.2, 0.25) is 5.91 Å². The fourth-order valence-electron chi connectivity index (χ4n) is 2.65. The fourth-order valence-corrected chi connectivity index (χ4v) is 2.65. The van der Waals surface area contributed by atoms with Crippen LogP contribution in [0.25, 0.3) is 0 Å². The summed E-state index contributed by atoms with van der Waals surface area (Å²) in [5.41, 5.74) is 1.91. The topological polar surface area (TPSA) is 47.6 Å². The standard InChI is InChI=1S/C19H20FNO3/c1-13(15-4-6-16(20)7-5-15)21-19(22)9-3-14-2-8-17-18(12-14)24-11-10-23-17/h2,4-8,12-13H,3,9-11H2,1H3,(H,21,22)/t13-/m0/s1. The number of halogens is 1. The Labute approximate surface area is 140 Å². The lowest BCUT2D eigenvalue weighted by molar-refractivity contribution is -0.121. The number of benzene rings is 2. The van der Waals surface area contributed by atoms with Crippen LogP contribution in [0.15, 0.2) is 42.5 Å². The van der Waals surface area contributed by atoms with E-state index in [-0.39, 0.29) is 17.8 Å². The Morgan fingerprint density at radius 3 is 2.58 bits per heavy atom. The third kappa shape index (κ3) is 4.04. The lowest BCUT2D eigenvalue weighted by Gasteiger charge is -2.19. The van der Waals surface area contributed by atoms with Gasteiger partial charge in [-0.3, -0.25) is 4.79 Å². The smallest absolute Gasteiger partial charge is 0.220 e. The number of rotatable bonds is 5. The Balaban J connectivity index is 1.52. The molecular formula is C19H20FNO3. The van der Waals surface area contributed by atoms with Crippen molar-refractivity contribution >= 4 is 5.91 Å². The number of amides is 1. The molecule has 126 valence electrons. The van der Waals surface area contributed by atoms with Crippen molar-refractivity contribution < 1.29 is 18.7 Å². The summed E-state index contributed by atoms with van der Waals surface area (Å²) in [6.07, 6.45) is 1.00. The number of ether oxygens (including phenoxy) is 2. The second-order valence-electron chi connectivity index (χ2n) is 5.82. The molecule has 0 unspecified atom stereocenters. The first-order valence-electron chi connectivity index (χ1n) is 8.05. The van der Waals surface area contributed by atoms with E-state index < -0.39 is 0 Å². The minimum absolute atomic E-state index is 0.0401. The van der Waals surface area contributed by atoms with Crippen LogP contribution in [0.4, 0.5) is 4.39 Å². The van der Waals surface area contributed by atoms with Crippen molar-refractivity contribution in [2.75, 3.05) is 13.2 Å². The van der Waals surface area contributed by atoms with Gasteiger partial charge in [0.05, 0.1) is 6.04 Å².